The van der Waals surface area contributed by atoms with Gasteiger partial charge in [-0.25, -0.2) is 0 Å². The molecular weight excluding hydrogens is 244 g/mol. The smallest absolute Gasteiger partial charge is 0.247 e. The summed E-state index contributed by atoms with van der Waals surface area (Å²) in [7, 11) is 0. The van der Waals surface area contributed by atoms with Gasteiger partial charge in [0, 0.05) is 5.69 Å². The molecule has 0 aromatic heterocycles. The second-order valence-corrected chi connectivity index (χ2v) is 4.33. The molecule has 1 N–H and O–H groups in total. The molecule has 0 radical (unpaired) electrons. The van der Waals surface area contributed by atoms with Crippen LogP contribution in [-0.2, 0) is 9.59 Å². The van der Waals surface area contributed by atoms with Gasteiger partial charge >= 0.3 is 0 Å². The first-order valence-electron chi connectivity index (χ1n) is 6.50. The van der Waals surface area contributed by atoms with E-state index in [1.807, 2.05) is 38.1 Å². The number of hydrogen-bond donors (Lipinski definition) is 1. The van der Waals surface area contributed by atoms with Crippen LogP contribution in [-0.4, -0.2) is 31.0 Å². The number of carbonyl (C=O) groups is 2. The molecule has 1 saturated heterocycles. The van der Waals surface area contributed by atoms with Gasteiger partial charge in [0.25, 0.3) is 0 Å². The molecule has 0 aliphatic carbocycles. The van der Waals surface area contributed by atoms with Crippen molar-refractivity contribution in [3.05, 3.63) is 24.3 Å². The topological polar surface area (TPSA) is 58.6 Å². The van der Waals surface area contributed by atoms with Crippen LogP contribution in [0.1, 0.15) is 20.3 Å². The molecule has 1 atom stereocenters. The van der Waals surface area contributed by atoms with Gasteiger partial charge in [-0.15, -0.1) is 0 Å². The maximum Gasteiger partial charge on any atom is 0.247 e. The number of rotatable bonds is 4. The lowest BCUT2D eigenvalue weighted by molar-refractivity contribution is -0.131. The van der Waals surface area contributed by atoms with Crippen LogP contribution in [0.5, 0.6) is 5.75 Å². The Labute approximate surface area is 112 Å². The van der Waals surface area contributed by atoms with Gasteiger partial charge in [0.05, 0.1) is 13.2 Å². The number of amides is 2. The van der Waals surface area contributed by atoms with Gasteiger partial charge < -0.3 is 10.1 Å². The monoisotopic (exact) mass is 262 g/mol. The zero-order valence-corrected chi connectivity index (χ0v) is 11.2. The predicted octanol–water partition coefficient (Wildman–Crippen LogP) is 1.33. The van der Waals surface area contributed by atoms with Crippen LogP contribution in [0.3, 0.4) is 0 Å². The Morgan fingerprint density at radius 2 is 1.95 bits per heavy atom. The zero-order chi connectivity index (χ0) is 13.8. The van der Waals surface area contributed by atoms with E-state index in [0.29, 0.717) is 13.0 Å². The van der Waals surface area contributed by atoms with Crippen LogP contribution in [0.25, 0.3) is 0 Å². The molecule has 19 heavy (non-hydrogen) atoms. The van der Waals surface area contributed by atoms with E-state index in [1.54, 1.807) is 4.90 Å². The molecule has 102 valence electrons. The first kappa shape index (κ1) is 13.4. The molecule has 0 spiro atoms. The van der Waals surface area contributed by atoms with Gasteiger partial charge in [-0.3, -0.25) is 14.5 Å². The van der Waals surface area contributed by atoms with Crippen molar-refractivity contribution < 1.29 is 14.3 Å². The second-order valence-electron chi connectivity index (χ2n) is 4.33. The highest BCUT2D eigenvalue weighted by Crippen LogP contribution is 2.24. The molecule has 0 saturated carbocycles. The van der Waals surface area contributed by atoms with Crippen LogP contribution in [0.4, 0.5) is 5.69 Å². The highest BCUT2D eigenvalue weighted by molar-refractivity contribution is 6.06. The third-order valence-corrected chi connectivity index (χ3v) is 3.11. The van der Waals surface area contributed by atoms with E-state index in [1.165, 1.54) is 0 Å². The minimum atomic E-state index is -0.431. The maximum atomic E-state index is 12.0. The third kappa shape index (κ3) is 2.70. The summed E-state index contributed by atoms with van der Waals surface area (Å²) in [6, 6.07) is 6.81. The fourth-order valence-electron chi connectivity index (χ4n) is 2.22. The Balaban J connectivity index is 2.26. The molecular formula is C14H18N2O3. The quantitative estimate of drug-likeness (QED) is 0.890. The summed E-state index contributed by atoms with van der Waals surface area (Å²) in [5.74, 6) is 0.569. The Kier molecular flexibility index (Phi) is 4.04. The summed E-state index contributed by atoms with van der Waals surface area (Å²) < 4.78 is 5.37. The predicted molar refractivity (Wildman–Crippen MR) is 72.2 cm³/mol. The van der Waals surface area contributed by atoms with E-state index in [-0.39, 0.29) is 18.4 Å². The summed E-state index contributed by atoms with van der Waals surface area (Å²) >= 11 is 0. The fourth-order valence-corrected chi connectivity index (χ4v) is 2.22. The number of anilines is 1. The Bertz CT molecular complexity index is 470. The van der Waals surface area contributed by atoms with Crippen molar-refractivity contribution in [2.45, 2.75) is 26.3 Å². The molecule has 5 nitrogen and oxygen atoms in total. The molecule has 1 fully saturated rings. The highest BCUT2D eigenvalue weighted by Gasteiger charge is 2.33. The van der Waals surface area contributed by atoms with Crippen LogP contribution in [0.15, 0.2) is 24.3 Å². The number of benzene rings is 1. The van der Waals surface area contributed by atoms with Crippen molar-refractivity contribution in [3.8, 4) is 5.75 Å². The maximum absolute atomic E-state index is 12.0. The molecule has 0 bridgehead atoms. The molecule has 1 aliphatic rings. The second kappa shape index (κ2) is 5.73. The van der Waals surface area contributed by atoms with E-state index < -0.39 is 6.04 Å². The van der Waals surface area contributed by atoms with Crippen molar-refractivity contribution >= 4 is 17.5 Å². The van der Waals surface area contributed by atoms with Crippen LogP contribution < -0.4 is 15.0 Å². The first-order valence-corrected chi connectivity index (χ1v) is 6.50. The minimum Gasteiger partial charge on any atom is -0.494 e. The number of nitrogens with zero attached hydrogens (tertiary/aromatic N) is 1. The fraction of sp³-hybridized carbons (Fsp3) is 0.429. The molecule has 1 aliphatic heterocycles. The molecule has 5 heteroatoms. The lowest BCUT2D eigenvalue weighted by atomic mass is 10.1. The number of hydrogen-bond acceptors (Lipinski definition) is 3. The highest BCUT2D eigenvalue weighted by atomic mass is 16.5. The standard InChI is InChI=1S/C14H18N2O3/c1-3-12-14(18)15-9-13(17)16(12)10-5-7-11(8-6-10)19-4-2/h5-8,12H,3-4,9H2,1-2H3,(H,15,18). The lowest BCUT2D eigenvalue weighted by Crippen LogP contribution is -2.58. The molecule has 2 rings (SSSR count). The zero-order valence-electron chi connectivity index (χ0n) is 11.2. The van der Waals surface area contributed by atoms with Crippen molar-refractivity contribution in [2.75, 3.05) is 18.1 Å². The molecule has 1 unspecified atom stereocenters. The van der Waals surface area contributed by atoms with E-state index in [0.717, 1.165) is 11.4 Å². The SMILES string of the molecule is CCOc1ccc(N2C(=O)CNC(=O)C2CC)cc1. The summed E-state index contributed by atoms with van der Waals surface area (Å²) in [4.78, 5) is 25.4. The van der Waals surface area contributed by atoms with E-state index in [9.17, 15) is 9.59 Å². The summed E-state index contributed by atoms with van der Waals surface area (Å²) in [6.07, 6.45) is 0.588. The summed E-state index contributed by atoms with van der Waals surface area (Å²) in [6.45, 7) is 4.47. The number of ether oxygens (including phenoxy) is 1. The largest absolute Gasteiger partial charge is 0.494 e. The number of piperazine rings is 1. The number of nitrogens with one attached hydrogen (secondary N) is 1. The summed E-state index contributed by atoms with van der Waals surface area (Å²) in [5.41, 5.74) is 0.732. The van der Waals surface area contributed by atoms with Crippen molar-refractivity contribution in [3.63, 3.8) is 0 Å². The van der Waals surface area contributed by atoms with Gasteiger partial charge in [0.15, 0.2) is 0 Å². The average molecular weight is 262 g/mol. The normalized spacial score (nSPS) is 19.3. The average Bonchev–Trinajstić information content (AvgIpc) is 2.42. The van der Waals surface area contributed by atoms with Gasteiger partial charge in [0.1, 0.15) is 11.8 Å². The van der Waals surface area contributed by atoms with E-state index in [4.69, 9.17) is 4.74 Å². The third-order valence-electron chi connectivity index (χ3n) is 3.11. The van der Waals surface area contributed by atoms with Crippen molar-refractivity contribution in [1.29, 1.82) is 0 Å². The van der Waals surface area contributed by atoms with Crippen molar-refractivity contribution in [1.82, 2.24) is 5.32 Å². The van der Waals surface area contributed by atoms with E-state index >= 15 is 0 Å². The molecule has 2 amide bonds. The van der Waals surface area contributed by atoms with Crippen LogP contribution in [0, 0.1) is 0 Å². The van der Waals surface area contributed by atoms with E-state index in [2.05, 4.69) is 5.32 Å². The number of carbonyl (C=O) groups excluding carboxylic acids is 2. The van der Waals surface area contributed by atoms with Gasteiger partial charge in [-0.2, -0.15) is 0 Å². The van der Waals surface area contributed by atoms with Crippen LogP contribution in [0.2, 0.25) is 0 Å². The minimum absolute atomic E-state index is 0.0581. The van der Waals surface area contributed by atoms with Gasteiger partial charge in [-0.1, -0.05) is 6.92 Å². The Hall–Kier alpha value is -2.04. The van der Waals surface area contributed by atoms with Crippen LogP contribution >= 0.6 is 0 Å². The first-order chi connectivity index (χ1) is 9.17. The Morgan fingerprint density at radius 1 is 1.26 bits per heavy atom. The van der Waals surface area contributed by atoms with Gasteiger partial charge in [-0.05, 0) is 37.6 Å². The Morgan fingerprint density at radius 3 is 2.53 bits per heavy atom. The molecule has 1 aromatic carbocycles. The van der Waals surface area contributed by atoms with Gasteiger partial charge in [0.2, 0.25) is 11.8 Å². The van der Waals surface area contributed by atoms with Crippen molar-refractivity contribution in [2.24, 2.45) is 0 Å². The molecule has 1 aromatic rings. The molecule has 1 heterocycles. The summed E-state index contributed by atoms with van der Waals surface area (Å²) in [5, 5.41) is 2.61. The lowest BCUT2D eigenvalue weighted by Gasteiger charge is -2.34.